The fraction of sp³-hybridized carbons (Fsp3) is 0. The number of hydrogen-bond donors (Lipinski definition) is 0. The molecule has 0 atom stereocenters. The van der Waals surface area contributed by atoms with Crippen molar-refractivity contribution in [1.29, 1.82) is 0 Å². The van der Waals surface area contributed by atoms with Crippen LogP contribution in [0.3, 0.4) is 0 Å². The molecule has 0 unspecified atom stereocenters. The van der Waals surface area contributed by atoms with Crippen LogP contribution in [-0.4, -0.2) is 0 Å². The van der Waals surface area contributed by atoms with Gasteiger partial charge in [0.1, 0.15) is 0 Å². The van der Waals surface area contributed by atoms with Gasteiger partial charge in [-0.1, -0.05) is 24.3 Å². The van der Waals surface area contributed by atoms with Gasteiger partial charge in [-0.3, -0.25) is 0 Å². The smallest absolute Gasteiger partial charge is 0.0184 e. The highest BCUT2D eigenvalue weighted by atomic mass is 79.9. The fourth-order valence-corrected chi connectivity index (χ4v) is 0.663. The van der Waals surface area contributed by atoms with Crippen LogP contribution in [0.15, 0.2) is 24.3 Å². The second-order valence-electron chi connectivity index (χ2n) is 1.58. The highest BCUT2D eigenvalue weighted by Crippen LogP contribution is 2.29. The van der Waals surface area contributed by atoms with E-state index in [1.54, 1.807) is 0 Å². The van der Waals surface area contributed by atoms with E-state index in [0.717, 1.165) is 0 Å². The average Bonchev–Trinajstić information content (AvgIpc) is 1.54. The zero-order valence-corrected chi connectivity index (χ0v) is 5.43. The third kappa shape index (κ3) is 0.416. The molecule has 2 rings (SSSR count). The lowest BCUT2D eigenvalue weighted by molar-refractivity contribution is 1.55. The van der Waals surface area contributed by atoms with Gasteiger partial charge in [-0.15, -0.1) is 17.0 Å². The molecule has 0 fully saturated rings. The van der Waals surface area contributed by atoms with Crippen molar-refractivity contribution in [3.63, 3.8) is 0 Å². The van der Waals surface area contributed by atoms with Crippen molar-refractivity contribution >= 4 is 17.0 Å². The van der Waals surface area contributed by atoms with Crippen molar-refractivity contribution in [3.05, 3.63) is 24.3 Å². The molecule has 0 saturated heterocycles. The summed E-state index contributed by atoms with van der Waals surface area (Å²) >= 11 is 0. The summed E-state index contributed by atoms with van der Waals surface area (Å²) in [5.41, 5.74) is 2.85. The summed E-state index contributed by atoms with van der Waals surface area (Å²) in [6.45, 7) is 0. The van der Waals surface area contributed by atoms with Crippen LogP contribution in [0.25, 0.3) is 11.1 Å². The van der Waals surface area contributed by atoms with Crippen LogP contribution < -0.4 is 0 Å². The third-order valence-corrected chi connectivity index (χ3v) is 1.22. The molecule has 0 amide bonds. The fourth-order valence-electron chi connectivity index (χ4n) is 0.663. The van der Waals surface area contributed by atoms with Crippen LogP contribution >= 0.6 is 17.0 Å². The van der Waals surface area contributed by atoms with Crippen molar-refractivity contribution in [1.82, 2.24) is 0 Å². The van der Waals surface area contributed by atoms with Gasteiger partial charge >= 0.3 is 0 Å². The molecule has 1 heteroatoms. The van der Waals surface area contributed by atoms with Crippen molar-refractivity contribution < 1.29 is 0 Å². The molecular formula is C6H5Br. The minimum Gasteiger partial charge on any atom is -0.114 e. The minimum absolute atomic E-state index is 0. The summed E-state index contributed by atoms with van der Waals surface area (Å²) in [6.07, 6.45) is 0. The quantitative estimate of drug-likeness (QED) is 0.550. The number of benzene rings is 1. The maximum atomic E-state index is 2.12. The molecule has 7 heavy (non-hydrogen) atoms. The molecule has 0 aliphatic heterocycles. The van der Waals surface area contributed by atoms with Gasteiger partial charge in [-0.25, -0.2) is 0 Å². The van der Waals surface area contributed by atoms with E-state index in [-0.39, 0.29) is 17.0 Å². The first-order valence-electron chi connectivity index (χ1n) is 2.07. The normalized spacial score (nSPS) is 9.71. The summed E-state index contributed by atoms with van der Waals surface area (Å²) in [4.78, 5) is 0. The second kappa shape index (κ2) is 1.34. The Kier molecular flexibility index (Phi) is 0.927. The van der Waals surface area contributed by atoms with Crippen LogP contribution in [0, 0.1) is 0 Å². The van der Waals surface area contributed by atoms with Crippen molar-refractivity contribution in [2.24, 2.45) is 0 Å². The molecule has 0 N–H and O–H groups in total. The Balaban J connectivity index is 0.000000245. The van der Waals surface area contributed by atoms with Crippen LogP contribution in [-0.2, 0) is 0 Å². The Bertz CT molecular complexity index is 143. The largest absolute Gasteiger partial charge is 0.114 e. The van der Waals surface area contributed by atoms with E-state index in [1.807, 2.05) is 0 Å². The predicted octanol–water partition coefficient (Wildman–Crippen LogP) is 2.24. The standard InChI is InChI=1S/C6H4.BrH/c1-2-6-4-3-5(1)6;/h1-4H;1H. The van der Waals surface area contributed by atoms with E-state index in [4.69, 9.17) is 0 Å². The van der Waals surface area contributed by atoms with E-state index in [9.17, 15) is 0 Å². The highest BCUT2D eigenvalue weighted by molar-refractivity contribution is 8.93. The molecular weight excluding hydrogens is 152 g/mol. The van der Waals surface area contributed by atoms with Gasteiger partial charge in [-0.2, -0.15) is 0 Å². The van der Waals surface area contributed by atoms with Crippen molar-refractivity contribution in [2.45, 2.75) is 0 Å². The zero-order chi connectivity index (χ0) is 3.98. The summed E-state index contributed by atoms with van der Waals surface area (Å²) < 4.78 is 0. The molecule has 2 aliphatic rings. The number of hydrogen-bond acceptors (Lipinski definition) is 0. The van der Waals surface area contributed by atoms with E-state index < -0.39 is 0 Å². The molecule has 0 aromatic carbocycles. The first-order chi connectivity index (χ1) is 2.97. The molecule has 0 saturated carbocycles. The molecule has 0 aromatic rings. The molecule has 0 nitrogen and oxygen atoms in total. The Morgan fingerprint density at radius 1 is 0.714 bits per heavy atom. The molecule has 2 aliphatic carbocycles. The summed E-state index contributed by atoms with van der Waals surface area (Å²) in [6, 6.07) is 8.48. The van der Waals surface area contributed by atoms with Crippen LogP contribution in [0.2, 0.25) is 0 Å². The van der Waals surface area contributed by atoms with Crippen molar-refractivity contribution in [2.75, 3.05) is 0 Å². The van der Waals surface area contributed by atoms with Gasteiger partial charge in [0, 0.05) is 0 Å². The molecule has 0 spiro atoms. The van der Waals surface area contributed by atoms with E-state index in [0.29, 0.717) is 0 Å². The van der Waals surface area contributed by atoms with Gasteiger partial charge in [0.25, 0.3) is 0 Å². The minimum atomic E-state index is 0. The Morgan fingerprint density at radius 3 is 1.00 bits per heavy atom. The highest BCUT2D eigenvalue weighted by Gasteiger charge is 2.03. The Labute approximate surface area is 52.9 Å². The van der Waals surface area contributed by atoms with E-state index in [2.05, 4.69) is 24.3 Å². The van der Waals surface area contributed by atoms with Gasteiger partial charge in [0.2, 0.25) is 0 Å². The SMILES string of the molecule is Br.c1cc2ccc1-2. The van der Waals surface area contributed by atoms with Gasteiger partial charge in [-0.05, 0) is 11.1 Å². The second-order valence-corrected chi connectivity index (χ2v) is 1.58. The Morgan fingerprint density at radius 2 is 1.00 bits per heavy atom. The van der Waals surface area contributed by atoms with Crippen molar-refractivity contribution in [3.8, 4) is 11.1 Å². The van der Waals surface area contributed by atoms with E-state index in [1.165, 1.54) is 11.1 Å². The molecule has 0 bridgehead atoms. The van der Waals surface area contributed by atoms with Crippen LogP contribution in [0.1, 0.15) is 0 Å². The van der Waals surface area contributed by atoms with Gasteiger partial charge in [0.05, 0.1) is 0 Å². The lowest BCUT2D eigenvalue weighted by atomic mass is 9.95. The summed E-state index contributed by atoms with van der Waals surface area (Å²) in [7, 11) is 0. The van der Waals surface area contributed by atoms with Gasteiger partial charge in [0.15, 0.2) is 0 Å². The molecule has 0 heterocycles. The summed E-state index contributed by atoms with van der Waals surface area (Å²) in [5.74, 6) is 0. The van der Waals surface area contributed by atoms with Gasteiger partial charge < -0.3 is 0 Å². The molecule has 0 aromatic heterocycles. The first-order valence-corrected chi connectivity index (χ1v) is 2.07. The monoisotopic (exact) mass is 156 g/mol. The maximum absolute atomic E-state index is 2.12. The number of rotatable bonds is 0. The number of halogens is 1. The van der Waals surface area contributed by atoms with Crippen LogP contribution in [0.5, 0.6) is 0 Å². The predicted molar refractivity (Wildman–Crippen MR) is 35.8 cm³/mol. The Hall–Kier alpha value is -0.300. The molecule has 0 radical (unpaired) electrons. The topological polar surface area (TPSA) is 0 Å². The first kappa shape index (κ1) is 4.85. The zero-order valence-electron chi connectivity index (χ0n) is 3.72. The average molecular weight is 157 g/mol. The van der Waals surface area contributed by atoms with Crippen LogP contribution in [0.4, 0.5) is 0 Å². The molecule has 36 valence electrons. The van der Waals surface area contributed by atoms with E-state index >= 15 is 0 Å². The number of fused-ring (bicyclic) bond motifs is 1. The maximum Gasteiger partial charge on any atom is -0.0184 e. The lowest BCUT2D eigenvalue weighted by Crippen LogP contribution is -1.85. The third-order valence-electron chi connectivity index (χ3n) is 1.22. The lowest BCUT2D eigenvalue weighted by Gasteiger charge is -2.10. The summed E-state index contributed by atoms with van der Waals surface area (Å²) in [5, 5.41) is 0.